The minimum Gasteiger partial charge on any atom is -0.494 e. The predicted molar refractivity (Wildman–Crippen MR) is 127 cm³/mol. The zero-order valence-electron chi connectivity index (χ0n) is 18.7. The Morgan fingerprint density at radius 3 is 2.27 bits per heavy atom. The molecule has 3 aromatic carbocycles. The van der Waals surface area contributed by atoms with E-state index in [-0.39, 0.29) is 18.0 Å². The van der Waals surface area contributed by atoms with Gasteiger partial charge in [-0.25, -0.2) is 4.79 Å². The summed E-state index contributed by atoms with van der Waals surface area (Å²) in [5, 5.41) is 0. The maximum atomic E-state index is 13.7. The number of rotatable bonds is 6. The van der Waals surface area contributed by atoms with Gasteiger partial charge in [-0.2, -0.15) is 0 Å². The molecule has 0 spiro atoms. The Morgan fingerprint density at radius 2 is 1.55 bits per heavy atom. The highest BCUT2D eigenvalue weighted by molar-refractivity contribution is 6.01. The van der Waals surface area contributed by atoms with Crippen molar-refractivity contribution in [1.29, 1.82) is 0 Å². The summed E-state index contributed by atoms with van der Waals surface area (Å²) in [7, 11) is 1.38. The standard InChI is InChI=1S/C27H28N2O4/c1-32-27(31)28-17-18-29(22(20-28)16-19-33-23-12-6-3-7-13-23)26(30)25-15-9-8-14-24(25)21-10-4-2-5-11-21/h2-15,22H,16-20H2,1H3. The van der Waals surface area contributed by atoms with E-state index in [2.05, 4.69) is 0 Å². The van der Waals surface area contributed by atoms with Crippen molar-refractivity contribution in [1.82, 2.24) is 9.80 Å². The third-order valence-corrected chi connectivity index (χ3v) is 5.88. The summed E-state index contributed by atoms with van der Waals surface area (Å²) >= 11 is 0. The Hall–Kier alpha value is -3.80. The van der Waals surface area contributed by atoms with Gasteiger partial charge in [-0.1, -0.05) is 66.7 Å². The Kier molecular flexibility index (Phi) is 7.25. The molecule has 1 atom stereocenters. The van der Waals surface area contributed by atoms with Gasteiger partial charge in [-0.15, -0.1) is 0 Å². The molecule has 1 unspecified atom stereocenters. The number of ether oxygens (including phenoxy) is 2. The van der Waals surface area contributed by atoms with Crippen molar-refractivity contribution in [2.45, 2.75) is 12.5 Å². The normalized spacial score (nSPS) is 15.7. The second-order valence-electron chi connectivity index (χ2n) is 7.93. The predicted octanol–water partition coefficient (Wildman–Crippen LogP) is 4.72. The lowest BCUT2D eigenvalue weighted by atomic mass is 9.97. The molecule has 0 N–H and O–H groups in total. The number of carbonyl (C=O) groups excluding carboxylic acids is 2. The molecule has 33 heavy (non-hydrogen) atoms. The van der Waals surface area contributed by atoms with Gasteiger partial charge in [0.25, 0.3) is 5.91 Å². The van der Waals surface area contributed by atoms with Crippen LogP contribution in [0.3, 0.4) is 0 Å². The molecule has 4 rings (SSSR count). The Balaban J connectivity index is 1.55. The summed E-state index contributed by atoms with van der Waals surface area (Å²) in [5.41, 5.74) is 2.56. The first kappa shape index (κ1) is 22.4. The number of methoxy groups -OCH3 is 1. The Morgan fingerprint density at radius 1 is 0.879 bits per heavy atom. The third-order valence-electron chi connectivity index (χ3n) is 5.88. The molecule has 6 heteroatoms. The van der Waals surface area contributed by atoms with Crippen molar-refractivity contribution in [3.8, 4) is 16.9 Å². The first-order chi connectivity index (χ1) is 16.2. The highest BCUT2D eigenvalue weighted by atomic mass is 16.5. The second-order valence-corrected chi connectivity index (χ2v) is 7.93. The maximum Gasteiger partial charge on any atom is 0.409 e. The van der Waals surface area contributed by atoms with Crippen LogP contribution in [0.25, 0.3) is 11.1 Å². The summed E-state index contributed by atoms with van der Waals surface area (Å²) < 4.78 is 10.8. The van der Waals surface area contributed by atoms with Crippen molar-refractivity contribution < 1.29 is 19.1 Å². The van der Waals surface area contributed by atoms with Crippen LogP contribution in [0.2, 0.25) is 0 Å². The molecule has 0 saturated carbocycles. The van der Waals surface area contributed by atoms with E-state index in [9.17, 15) is 9.59 Å². The number of benzene rings is 3. The molecule has 2 amide bonds. The number of hydrogen-bond acceptors (Lipinski definition) is 4. The number of piperazine rings is 1. The van der Waals surface area contributed by atoms with Gasteiger partial charge in [0.15, 0.2) is 0 Å². The molecular formula is C27H28N2O4. The zero-order chi connectivity index (χ0) is 23.0. The first-order valence-corrected chi connectivity index (χ1v) is 11.1. The average molecular weight is 445 g/mol. The van der Waals surface area contributed by atoms with Crippen LogP contribution in [0.4, 0.5) is 4.79 Å². The van der Waals surface area contributed by atoms with Crippen LogP contribution in [-0.4, -0.2) is 61.2 Å². The van der Waals surface area contributed by atoms with Crippen LogP contribution in [0.15, 0.2) is 84.9 Å². The summed E-state index contributed by atoms with van der Waals surface area (Å²) in [4.78, 5) is 29.4. The van der Waals surface area contributed by atoms with E-state index < -0.39 is 0 Å². The molecular weight excluding hydrogens is 416 g/mol. The number of nitrogens with zero attached hydrogens (tertiary/aromatic N) is 2. The Bertz CT molecular complexity index is 1070. The third kappa shape index (κ3) is 5.34. The fourth-order valence-electron chi connectivity index (χ4n) is 4.19. The molecule has 0 radical (unpaired) electrons. The fourth-order valence-corrected chi connectivity index (χ4v) is 4.19. The minimum absolute atomic E-state index is 0.0383. The average Bonchev–Trinajstić information content (AvgIpc) is 2.89. The SMILES string of the molecule is COC(=O)N1CCN(C(=O)c2ccccc2-c2ccccc2)C(CCOc2ccccc2)C1. The van der Waals surface area contributed by atoms with E-state index in [1.165, 1.54) is 7.11 Å². The van der Waals surface area contributed by atoms with Gasteiger partial charge in [0.05, 0.1) is 19.8 Å². The van der Waals surface area contributed by atoms with Crippen LogP contribution in [0.1, 0.15) is 16.8 Å². The lowest BCUT2D eigenvalue weighted by Crippen LogP contribution is -2.57. The van der Waals surface area contributed by atoms with Crippen molar-refractivity contribution >= 4 is 12.0 Å². The smallest absolute Gasteiger partial charge is 0.409 e. The molecule has 0 bridgehead atoms. The van der Waals surface area contributed by atoms with E-state index in [0.717, 1.165) is 16.9 Å². The van der Waals surface area contributed by atoms with E-state index in [0.29, 0.717) is 38.2 Å². The summed E-state index contributed by atoms with van der Waals surface area (Å²) in [6.07, 6.45) is 0.225. The van der Waals surface area contributed by atoms with Gasteiger partial charge in [0.1, 0.15) is 5.75 Å². The van der Waals surface area contributed by atoms with Crippen molar-refractivity contribution in [2.75, 3.05) is 33.4 Å². The van der Waals surface area contributed by atoms with Crippen LogP contribution in [-0.2, 0) is 4.74 Å². The van der Waals surface area contributed by atoms with E-state index in [1.807, 2.05) is 89.8 Å². The van der Waals surface area contributed by atoms with Gasteiger partial charge in [-0.3, -0.25) is 4.79 Å². The summed E-state index contributed by atoms with van der Waals surface area (Å²) in [6, 6.07) is 27.0. The number of para-hydroxylation sites is 1. The molecule has 3 aromatic rings. The molecule has 0 aromatic heterocycles. The molecule has 170 valence electrons. The molecule has 6 nitrogen and oxygen atoms in total. The Labute approximate surface area is 194 Å². The minimum atomic E-state index is -0.374. The first-order valence-electron chi connectivity index (χ1n) is 11.1. The van der Waals surface area contributed by atoms with Gasteiger partial charge in [0.2, 0.25) is 0 Å². The lowest BCUT2D eigenvalue weighted by molar-refractivity contribution is 0.0376. The van der Waals surface area contributed by atoms with Crippen molar-refractivity contribution in [3.05, 3.63) is 90.5 Å². The van der Waals surface area contributed by atoms with Gasteiger partial charge < -0.3 is 19.3 Å². The molecule has 1 aliphatic rings. The van der Waals surface area contributed by atoms with E-state index in [4.69, 9.17) is 9.47 Å². The highest BCUT2D eigenvalue weighted by Gasteiger charge is 2.34. The molecule has 0 aliphatic carbocycles. The van der Waals surface area contributed by atoms with Gasteiger partial charge >= 0.3 is 6.09 Å². The van der Waals surface area contributed by atoms with Gasteiger partial charge in [0, 0.05) is 31.6 Å². The van der Waals surface area contributed by atoms with E-state index >= 15 is 0 Å². The maximum absolute atomic E-state index is 13.7. The fraction of sp³-hybridized carbons (Fsp3) is 0.259. The molecule has 1 saturated heterocycles. The zero-order valence-corrected chi connectivity index (χ0v) is 18.7. The quantitative estimate of drug-likeness (QED) is 0.552. The van der Waals surface area contributed by atoms with Gasteiger partial charge in [-0.05, 0) is 29.3 Å². The largest absolute Gasteiger partial charge is 0.494 e. The topological polar surface area (TPSA) is 59.1 Å². The number of amides is 2. The second kappa shape index (κ2) is 10.7. The highest BCUT2D eigenvalue weighted by Crippen LogP contribution is 2.27. The van der Waals surface area contributed by atoms with Crippen LogP contribution < -0.4 is 4.74 Å². The molecule has 1 heterocycles. The van der Waals surface area contributed by atoms with Crippen LogP contribution in [0.5, 0.6) is 5.75 Å². The summed E-state index contributed by atoms with van der Waals surface area (Å²) in [5.74, 6) is 0.745. The van der Waals surface area contributed by atoms with Crippen LogP contribution in [0, 0.1) is 0 Å². The van der Waals surface area contributed by atoms with Crippen molar-refractivity contribution in [3.63, 3.8) is 0 Å². The molecule has 1 aliphatic heterocycles. The van der Waals surface area contributed by atoms with Crippen LogP contribution >= 0.6 is 0 Å². The lowest BCUT2D eigenvalue weighted by Gasteiger charge is -2.41. The number of carbonyl (C=O) groups is 2. The van der Waals surface area contributed by atoms with Crippen molar-refractivity contribution in [2.24, 2.45) is 0 Å². The van der Waals surface area contributed by atoms with E-state index in [1.54, 1.807) is 4.90 Å². The number of hydrogen-bond donors (Lipinski definition) is 0. The molecule has 1 fully saturated rings. The summed E-state index contributed by atoms with van der Waals surface area (Å²) in [6.45, 7) is 1.72. The monoisotopic (exact) mass is 444 g/mol.